The first kappa shape index (κ1) is 16.8. The molecule has 2 aliphatic carbocycles. The molecule has 3 heteroatoms. The first-order valence-corrected chi connectivity index (χ1v) is 9.70. The maximum absolute atomic E-state index is 12.5. The molecule has 0 bridgehead atoms. The van der Waals surface area contributed by atoms with Gasteiger partial charge in [0, 0.05) is 19.0 Å². The summed E-state index contributed by atoms with van der Waals surface area (Å²) in [6, 6.07) is 10.3. The van der Waals surface area contributed by atoms with E-state index in [1.807, 2.05) is 18.2 Å². The van der Waals surface area contributed by atoms with E-state index in [2.05, 4.69) is 31.0 Å². The van der Waals surface area contributed by atoms with Crippen LogP contribution < -0.4 is 5.32 Å². The van der Waals surface area contributed by atoms with Crippen LogP contribution in [-0.4, -0.2) is 18.6 Å². The lowest BCUT2D eigenvalue weighted by Crippen LogP contribution is -2.45. The lowest BCUT2D eigenvalue weighted by molar-refractivity contribution is -0.146. The highest BCUT2D eigenvalue weighted by atomic mass is 16.6. The van der Waals surface area contributed by atoms with Gasteiger partial charge < -0.3 is 10.1 Å². The predicted molar refractivity (Wildman–Crippen MR) is 98.8 cm³/mol. The van der Waals surface area contributed by atoms with Crippen LogP contribution >= 0.6 is 0 Å². The minimum absolute atomic E-state index is 0.00317. The molecule has 4 rings (SSSR count). The lowest BCUT2D eigenvalue weighted by Gasteiger charge is -2.50. The van der Waals surface area contributed by atoms with E-state index in [1.165, 1.54) is 24.0 Å². The van der Waals surface area contributed by atoms with Crippen molar-refractivity contribution in [2.24, 2.45) is 23.2 Å². The van der Waals surface area contributed by atoms with E-state index in [4.69, 9.17) is 4.74 Å². The highest BCUT2D eigenvalue weighted by Gasteiger charge is 2.54. The fourth-order valence-electron chi connectivity index (χ4n) is 5.46. The maximum atomic E-state index is 12.5. The largest absolute Gasteiger partial charge is 0.462 e. The van der Waals surface area contributed by atoms with Gasteiger partial charge in [0.25, 0.3) is 0 Å². The fourth-order valence-corrected chi connectivity index (χ4v) is 5.46. The summed E-state index contributed by atoms with van der Waals surface area (Å²) in [5.74, 6) is 0.911. The second kappa shape index (κ2) is 6.60. The lowest BCUT2D eigenvalue weighted by atomic mass is 9.55. The van der Waals surface area contributed by atoms with Gasteiger partial charge in [0.2, 0.25) is 0 Å². The maximum Gasteiger partial charge on any atom is 0.310 e. The SMILES string of the molecule is C=C1CCC[C@]2(C)C[C@H]3OC(=O)[C@H](CNCc4ccccc4)[C@H]3C[C@H]12. The third-order valence-electron chi connectivity index (χ3n) is 6.86. The molecule has 0 aromatic heterocycles. The van der Waals surface area contributed by atoms with Gasteiger partial charge in [-0.25, -0.2) is 0 Å². The van der Waals surface area contributed by atoms with Gasteiger partial charge in [0.1, 0.15) is 6.10 Å². The van der Waals surface area contributed by atoms with Crippen LogP contribution in [0.3, 0.4) is 0 Å². The van der Waals surface area contributed by atoms with Crippen molar-refractivity contribution in [1.82, 2.24) is 5.32 Å². The van der Waals surface area contributed by atoms with E-state index >= 15 is 0 Å². The molecule has 0 spiro atoms. The van der Waals surface area contributed by atoms with E-state index in [1.54, 1.807) is 0 Å². The van der Waals surface area contributed by atoms with Crippen molar-refractivity contribution in [2.45, 2.75) is 51.7 Å². The summed E-state index contributed by atoms with van der Waals surface area (Å²) in [6.07, 6.45) is 5.84. The van der Waals surface area contributed by atoms with E-state index in [0.29, 0.717) is 18.4 Å². The van der Waals surface area contributed by atoms with Gasteiger partial charge in [-0.05, 0) is 49.0 Å². The molecule has 0 radical (unpaired) electrons. The van der Waals surface area contributed by atoms with Gasteiger partial charge >= 0.3 is 5.97 Å². The molecular weight excluding hydrogens is 310 g/mol. The van der Waals surface area contributed by atoms with Crippen LogP contribution in [0.5, 0.6) is 0 Å². The molecule has 134 valence electrons. The molecule has 1 aromatic rings. The van der Waals surface area contributed by atoms with E-state index in [0.717, 1.165) is 25.8 Å². The third kappa shape index (κ3) is 3.15. The van der Waals surface area contributed by atoms with Crippen LogP contribution in [0.25, 0.3) is 0 Å². The molecule has 1 aromatic carbocycles. The Kier molecular flexibility index (Phi) is 4.45. The van der Waals surface area contributed by atoms with Gasteiger partial charge in [-0.1, -0.05) is 49.4 Å². The van der Waals surface area contributed by atoms with Gasteiger partial charge in [-0.15, -0.1) is 0 Å². The molecule has 3 aliphatic rings. The molecule has 2 saturated carbocycles. The number of fused-ring (bicyclic) bond motifs is 2. The molecule has 25 heavy (non-hydrogen) atoms. The zero-order valence-corrected chi connectivity index (χ0v) is 15.2. The number of ether oxygens (including phenoxy) is 1. The summed E-state index contributed by atoms with van der Waals surface area (Å²) in [5, 5.41) is 3.48. The Hall–Kier alpha value is -1.61. The van der Waals surface area contributed by atoms with Gasteiger partial charge in [-0.2, -0.15) is 0 Å². The highest BCUT2D eigenvalue weighted by Crippen LogP contribution is 2.56. The standard InChI is InChI=1S/C22H29NO2/c1-15-7-6-10-22(2)12-20-17(11-19(15)22)18(21(24)25-20)14-23-13-16-8-4-3-5-9-16/h3-5,8-9,17-20,23H,1,6-7,10-14H2,2H3/t17-,18-,19-,20-,22-/m1/s1. The molecule has 1 heterocycles. The number of rotatable bonds is 4. The molecule has 1 saturated heterocycles. The molecule has 0 unspecified atom stereocenters. The average molecular weight is 339 g/mol. The van der Waals surface area contributed by atoms with Crippen molar-refractivity contribution in [2.75, 3.05) is 6.54 Å². The molecule has 0 amide bonds. The van der Waals surface area contributed by atoms with Crippen LogP contribution in [0.15, 0.2) is 42.5 Å². The molecule has 3 nitrogen and oxygen atoms in total. The van der Waals surface area contributed by atoms with E-state index in [-0.39, 0.29) is 23.4 Å². The van der Waals surface area contributed by atoms with E-state index < -0.39 is 0 Å². The van der Waals surface area contributed by atoms with Crippen LogP contribution in [-0.2, 0) is 16.1 Å². The second-order valence-corrected chi connectivity index (χ2v) is 8.52. The zero-order valence-electron chi connectivity index (χ0n) is 15.2. The summed E-state index contributed by atoms with van der Waals surface area (Å²) in [4.78, 5) is 12.5. The first-order valence-electron chi connectivity index (χ1n) is 9.70. The number of carbonyl (C=O) groups excluding carboxylic acids is 1. The number of hydrogen-bond acceptors (Lipinski definition) is 3. The second-order valence-electron chi connectivity index (χ2n) is 8.52. The quantitative estimate of drug-likeness (QED) is 0.663. The summed E-state index contributed by atoms with van der Waals surface area (Å²) < 4.78 is 5.82. The Bertz CT molecular complexity index is 655. The van der Waals surface area contributed by atoms with Gasteiger partial charge in [0.05, 0.1) is 5.92 Å². The van der Waals surface area contributed by atoms with Crippen LogP contribution in [0.2, 0.25) is 0 Å². The third-order valence-corrected chi connectivity index (χ3v) is 6.86. The van der Waals surface area contributed by atoms with Crippen molar-refractivity contribution in [1.29, 1.82) is 0 Å². The molecule has 1 aliphatic heterocycles. The van der Waals surface area contributed by atoms with Crippen molar-refractivity contribution >= 4 is 5.97 Å². The smallest absolute Gasteiger partial charge is 0.310 e. The van der Waals surface area contributed by atoms with Crippen molar-refractivity contribution < 1.29 is 9.53 Å². The normalized spacial score (nSPS) is 37.3. The summed E-state index contributed by atoms with van der Waals surface area (Å²) in [5.41, 5.74) is 2.94. The number of nitrogens with one attached hydrogen (secondary N) is 1. The van der Waals surface area contributed by atoms with Gasteiger partial charge in [-0.3, -0.25) is 4.79 Å². The van der Waals surface area contributed by atoms with Crippen molar-refractivity contribution in [3.05, 3.63) is 48.0 Å². The number of allylic oxidation sites excluding steroid dienone is 1. The Balaban J connectivity index is 1.42. The van der Waals surface area contributed by atoms with Crippen LogP contribution in [0, 0.1) is 23.2 Å². The Morgan fingerprint density at radius 3 is 2.92 bits per heavy atom. The topological polar surface area (TPSA) is 38.3 Å². The molecular formula is C22H29NO2. The predicted octanol–water partition coefficient (Wildman–Crippen LogP) is 4.09. The molecule has 3 fully saturated rings. The fraction of sp³-hybridized carbons (Fsp3) is 0.591. The van der Waals surface area contributed by atoms with Crippen molar-refractivity contribution in [3.8, 4) is 0 Å². The number of carbonyl (C=O) groups is 1. The van der Waals surface area contributed by atoms with Gasteiger partial charge in [0.15, 0.2) is 0 Å². The zero-order chi connectivity index (χ0) is 17.4. The monoisotopic (exact) mass is 339 g/mol. The number of esters is 1. The van der Waals surface area contributed by atoms with E-state index in [9.17, 15) is 4.79 Å². The summed E-state index contributed by atoms with van der Waals surface area (Å²) >= 11 is 0. The first-order chi connectivity index (χ1) is 12.1. The minimum Gasteiger partial charge on any atom is -0.462 e. The van der Waals surface area contributed by atoms with Crippen LogP contribution in [0.4, 0.5) is 0 Å². The summed E-state index contributed by atoms with van der Waals surface area (Å²) in [6.45, 7) is 8.26. The van der Waals surface area contributed by atoms with Crippen molar-refractivity contribution in [3.63, 3.8) is 0 Å². The Morgan fingerprint density at radius 1 is 1.32 bits per heavy atom. The van der Waals surface area contributed by atoms with Crippen LogP contribution in [0.1, 0.15) is 44.6 Å². The Labute approximate surface area is 150 Å². The number of hydrogen-bond donors (Lipinski definition) is 1. The highest BCUT2D eigenvalue weighted by molar-refractivity contribution is 5.75. The Morgan fingerprint density at radius 2 is 2.12 bits per heavy atom. The average Bonchev–Trinajstić information content (AvgIpc) is 2.88. The molecule has 1 N–H and O–H groups in total. The number of benzene rings is 1. The summed E-state index contributed by atoms with van der Waals surface area (Å²) in [7, 11) is 0. The molecule has 5 atom stereocenters. The minimum atomic E-state index is -0.00649.